The molecule has 1 amide bonds. The van der Waals surface area contributed by atoms with E-state index in [0.29, 0.717) is 5.41 Å². The van der Waals surface area contributed by atoms with E-state index in [0.717, 1.165) is 0 Å². The fourth-order valence-corrected chi connectivity index (χ4v) is 1.77. The Bertz CT molecular complexity index is 168. The Hall–Kier alpha value is -0.530. The molecular formula is C8H12NO. The summed E-state index contributed by atoms with van der Waals surface area (Å²) in [6.45, 7) is 2.25. The largest absolute Gasteiger partial charge is 0.342 e. The Morgan fingerprint density at radius 3 is 2.20 bits per heavy atom. The van der Waals surface area contributed by atoms with Crippen LogP contribution in [0.4, 0.5) is 0 Å². The summed E-state index contributed by atoms with van der Waals surface area (Å²) in [4.78, 5) is 10.1. The van der Waals surface area contributed by atoms with Crippen molar-refractivity contribution < 1.29 is 4.79 Å². The summed E-state index contributed by atoms with van der Waals surface area (Å²) < 4.78 is 0. The molecule has 55 valence electrons. The van der Waals surface area contributed by atoms with Gasteiger partial charge in [0.15, 0.2) is 0 Å². The molecule has 0 bridgehead atoms. The minimum Gasteiger partial charge on any atom is -0.342 e. The fraction of sp³-hybridized carbons (Fsp3) is 0.875. The van der Waals surface area contributed by atoms with Crippen molar-refractivity contribution in [2.75, 3.05) is 0 Å². The molecule has 0 heterocycles. The summed E-state index contributed by atoms with van der Waals surface area (Å²) in [5.74, 6) is 0. The topological polar surface area (TPSA) is 29.1 Å². The smallest absolute Gasteiger partial charge is 0.309 e. The maximum absolute atomic E-state index is 10.1. The molecule has 0 aromatic heterocycles. The van der Waals surface area contributed by atoms with Gasteiger partial charge < -0.3 is 5.32 Å². The van der Waals surface area contributed by atoms with E-state index < -0.39 is 0 Å². The summed E-state index contributed by atoms with van der Waals surface area (Å²) in [5.41, 5.74) is 0.610. The van der Waals surface area contributed by atoms with E-state index in [1.54, 1.807) is 0 Å². The van der Waals surface area contributed by atoms with Crippen LogP contribution in [0.5, 0.6) is 0 Å². The number of amides is 1. The van der Waals surface area contributed by atoms with E-state index in [1.807, 2.05) is 6.41 Å². The van der Waals surface area contributed by atoms with Crippen molar-refractivity contribution in [1.29, 1.82) is 0 Å². The van der Waals surface area contributed by atoms with Gasteiger partial charge in [-0.1, -0.05) is 6.92 Å². The third-order valence-electron chi connectivity index (χ3n) is 3.20. The zero-order chi connectivity index (χ0) is 7.24. The fourth-order valence-electron chi connectivity index (χ4n) is 1.77. The molecule has 2 heteroatoms. The van der Waals surface area contributed by atoms with Gasteiger partial charge >= 0.3 is 6.41 Å². The molecule has 1 N–H and O–H groups in total. The molecule has 2 aliphatic rings. The van der Waals surface area contributed by atoms with Crippen LogP contribution in [-0.2, 0) is 4.79 Å². The van der Waals surface area contributed by atoms with Crippen LogP contribution >= 0.6 is 0 Å². The van der Waals surface area contributed by atoms with Crippen LogP contribution in [0.1, 0.15) is 32.6 Å². The molecule has 2 rings (SSSR count). The molecule has 0 atom stereocenters. The Kier molecular flexibility index (Phi) is 0.960. The van der Waals surface area contributed by atoms with Crippen molar-refractivity contribution in [3.8, 4) is 0 Å². The monoisotopic (exact) mass is 138 g/mol. The maximum Gasteiger partial charge on any atom is 0.309 e. The van der Waals surface area contributed by atoms with Crippen LogP contribution in [0.25, 0.3) is 0 Å². The van der Waals surface area contributed by atoms with Gasteiger partial charge in [-0.2, -0.15) is 0 Å². The van der Waals surface area contributed by atoms with Crippen LogP contribution in [0.2, 0.25) is 0 Å². The van der Waals surface area contributed by atoms with E-state index >= 15 is 0 Å². The summed E-state index contributed by atoms with van der Waals surface area (Å²) in [6.07, 6.45) is 6.71. The summed E-state index contributed by atoms with van der Waals surface area (Å²) in [6, 6.07) is 0. The third kappa shape index (κ3) is 0.619. The lowest BCUT2D eigenvalue weighted by molar-refractivity contribution is 0.371. The molecule has 2 nitrogen and oxygen atoms in total. The second-order valence-corrected chi connectivity index (χ2v) is 3.87. The molecule has 2 saturated carbocycles. The van der Waals surface area contributed by atoms with Crippen molar-refractivity contribution in [2.45, 2.75) is 38.1 Å². The van der Waals surface area contributed by atoms with Crippen molar-refractivity contribution in [3.63, 3.8) is 0 Å². The Morgan fingerprint density at radius 1 is 1.30 bits per heavy atom. The van der Waals surface area contributed by atoms with E-state index in [4.69, 9.17) is 0 Å². The molecule has 0 spiro atoms. The van der Waals surface area contributed by atoms with E-state index in [2.05, 4.69) is 12.2 Å². The molecule has 1 radical (unpaired) electrons. The lowest BCUT2D eigenvalue weighted by Gasteiger charge is -2.20. The highest BCUT2D eigenvalue weighted by Gasteiger charge is 2.62. The third-order valence-corrected chi connectivity index (χ3v) is 3.20. The van der Waals surface area contributed by atoms with E-state index in [9.17, 15) is 4.79 Å². The van der Waals surface area contributed by atoms with Crippen molar-refractivity contribution >= 4 is 6.41 Å². The van der Waals surface area contributed by atoms with Crippen molar-refractivity contribution in [2.24, 2.45) is 5.41 Å². The first kappa shape index (κ1) is 6.20. The highest BCUT2D eigenvalue weighted by atomic mass is 16.1. The van der Waals surface area contributed by atoms with Gasteiger partial charge in [-0.05, 0) is 31.1 Å². The standard InChI is InChI=1S/C8H12NO/c1-7(2-3-7)8(4-5-8)9-6-10/h2-5H2,1H3,(H,9,10). The van der Waals surface area contributed by atoms with Gasteiger partial charge in [-0.15, -0.1) is 0 Å². The SMILES string of the molecule is CC1(C2(N[C]=O)CC2)CC1. The van der Waals surface area contributed by atoms with Crippen LogP contribution in [-0.4, -0.2) is 11.9 Å². The summed E-state index contributed by atoms with van der Waals surface area (Å²) in [7, 11) is 0. The summed E-state index contributed by atoms with van der Waals surface area (Å²) >= 11 is 0. The first-order valence-corrected chi connectivity index (χ1v) is 3.87. The summed E-state index contributed by atoms with van der Waals surface area (Å²) in [5, 5.41) is 2.83. The Morgan fingerprint density at radius 2 is 1.90 bits per heavy atom. The second-order valence-electron chi connectivity index (χ2n) is 3.87. The van der Waals surface area contributed by atoms with Crippen LogP contribution in [0, 0.1) is 5.41 Å². The molecule has 0 aliphatic heterocycles. The highest BCUT2D eigenvalue weighted by molar-refractivity contribution is 5.51. The number of hydrogen-bond acceptors (Lipinski definition) is 1. The lowest BCUT2D eigenvalue weighted by Crippen LogP contribution is -2.37. The normalized spacial score (nSPS) is 30.9. The number of hydrogen-bond donors (Lipinski definition) is 1. The van der Waals surface area contributed by atoms with Gasteiger partial charge in [0, 0.05) is 5.54 Å². The van der Waals surface area contributed by atoms with Crippen LogP contribution in [0.15, 0.2) is 0 Å². The minimum atomic E-state index is 0.175. The Labute approximate surface area is 61.0 Å². The predicted octanol–water partition coefficient (Wildman–Crippen LogP) is 0.976. The molecule has 2 fully saturated rings. The average Bonchev–Trinajstić information content (AvgIpc) is 2.69. The predicted molar refractivity (Wildman–Crippen MR) is 38.1 cm³/mol. The first-order valence-electron chi connectivity index (χ1n) is 3.87. The lowest BCUT2D eigenvalue weighted by atomic mass is 9.96. The Balaban J connectivity index is 2.07. The molecule has 10 heavy (non-hydrogen) atoms. The van der Waals surface area contributed by atoms with Gasteiger partial charge in [-0.3, -0.25) is 4.79 Å². The number of nitrogens with one attached hydrogen (secondary N) is 1. The van der Waals surface area contributed by atoms with Gasteiger partial charge in [0.1, 0.15) is 0 Å². The zero-order valence-corrected chi connectivity index (χ0v) is 6.24. The minimum absolute atomic E-state index is 0.175. The molecule has 0 aromatic carbocycles. The number of carbonyl (C=O) groups excluding carboxylic acids is 1. The first-order chi connectivity index (χ1) is 4.72. The average molecular weight is 138 g/mol. The molecular weight excluding hydrogens is 126 g/mol. The van der Waals surface area contributed by atoms with Crippen molar-refractivity contribution in [1.82, 2.24) is 5.32 Å². The van der Waals surface area contributed by atoms with E-state index in [1.165, 1.54) is 25.7 Å². The molecule has 0 aromatic rings. The van der Waals surface area contributed by atoms with Gasteiger partial charge in [0.2, 0.25) is 0 Å². The van der Waals surface area contributed by atoms with Gasteiger partial charge in [-0.25, -0.2) is 0 Å². The second kappa shape index (κ2) is 1.55. The quantitative estimate of drug-likeness (QED) is 0.578. The molecule has 0 unspecified atom stereocenters. The molecule has 0 saturated heterocycles. The van der Waals surface area contributed by atoms with E-state index in [-0.39, 0.29) is 5.54 Å². The number of rotatable bonds is 3. The molecule has 2 aliphatic carbocycles. The van der Waals surface area contributed by atoms with Crippen LogP contribution in [0.3, 0.4) is 0 Å². The van der Waals surface area contributed by atoms with Gasteiger partial charge in [0.05, 0.1) is 0 Å². The zero-order valence-electron chi connectivity index (χ0n) is 6.24. The van der Waals surface area contributed by atoms with Gasteiger partial charge in [0.25, 0.3) is 0 Å². The maximum atomic E-state index is 10.1. The van der Waals surface area contributed by atoms with Crippen LogP contribution < -0.4 is 5.32 Å². The highest BCUT2D eigenvalue weighted by Crippen LogP contribution is 2.63. The van der Waals surface area contributed by atoms with Crippen molar-refractivity contribution in [3.05, 3.63) is 0 Å².